The first-order chi connectivity index (χ1) is 6.24. The third kappa shape index (κ3) is 1.13. The van der Waals surface area contributed by atoms with E-state index in [2.05, 4.69) is 0 Å². The van der Waals surface area contributed by atoms with Gasteiger partial charge in [0.25, 0.3) is 0 Å². The molecule has 0 fully saturated rings. The molecular formula is C11H12O2. The van der Waals surface area contributed by atoms with Crippen LogP contribution in [0.3, 0.4) is 0 Å². The van der Waals surface area contributed by atoms with Crippen LogP contribution in [-0.4, -0.2) is 12.9 Å². The Hall–Kier alpha value is -1.31. The van der Waals surface area contributed by atoms with Crippen molar-refractivity contribution in [1.29, 1.82) is 0 Å². The molecule has 68 valence electrons. The van der Waals surface area contributed by atoms with Crippen molar-refractivity contribution in [2.24, 2.45) is 5.92 Å². The molecule has 1 aliphatic carbocycles. The van der Waals surface area contributed by atoms with Gasteiger partial charge in [-0.2, -0.15) is 0 Å². The number of carbonyl (C=O) groups is 1. The van der Waals surface area contributed by atoms with Crippen molar-refractivity contribution < 1.29 is 9.53 Å². The van der Waals surface area contributed by atoms with Crippen LogP contribution in [0.25, 0.3) is 0 Å². The smallest absolute Gasteiger partial charge is 0.169 e. The summed E-state index contributed by atoms with van der Waals surface area (Å²) in [4.78, 5) is 11.7. The van der Waals surface area contributed by atoms with Crippen molar-refractivity contribution in [1.82, 2.24) is 0 Å². The molecule has 0 aromatic heterocycles. The van der Waals surface area contributed by atoms with E-state index in [9.17, 15) is 4.79 Å². The molecule has 2 rings (SSSR count). The lowest BCUT2D eigenvalue weighted by atomic mass is 10.1. The highest BCUT2D eigenvalue weighted by Gasteiger charge is 2.29. The summed E-state index contributed by atoms with van der Waals surface area (Å²) in [5.41, 5.74) is 1.91. The molecule has 2 heteroatoms. The molecule has 0 aliphatic heterocycles. The number of Topliss-reactive ketones (excluding diaryl/α,β-unsaturated/α-hetero) is 1. The maximum atomic E-state index is 11.7. The van der Waals surface area contributed by atoms with Crippen LogP contribution in [0, 0.1) is 5.92 Å². The Balaban J connectivity index is 2.58. The summed E-state index contributed by atoms with van der Waals surface area (Å²) in [6, 6.07) is 5.77. The van der Waals surface area contributed by atoms with E-state index in [0.29, 0.717) is 5.75 Å². The summed E-state index contributed by atoms with van der Waals surface area (Å²) >= 11 is 0. The third-order valence-electron chi connectivity index (χ3n) is 2.55. The Morgan fingerprint density at radius 1 is 1.46 bits per heavy atom. The number of hydrogen-bond donors (Lipinski definition) is 0. The molecule has 0 spiro atoms. The minimum atomic E-state index is 0.117. The summed E-state index contributed by atoms with van der Waals surface area (Å²) in [5.74, 6) is 1.05. The van der Waals surface area contributed by atoms with Gasteiger partial charge in [-0.1, -0.05) is 19.1 Å². The summed E-state index contributed by atoms with van der Waals surface area (Å²) < 4.78 is 5.15. The molecule has 0 amide bonds. The molecule has 1 atom stereocenters. The Bertz CT molecular complexity index is 355. The maximum absolute atomic E-state index is 11.7. The van der Waals surface area contributed by atoms with Gasteiger partial charge in [0.05, 0.1) is 12.7 Å². The molecule has 2 nitrogen and oxygen atoms in total. The highest BCUT2D eigenvalue weighted by Crippen LogP contribution is 2.32. The molecule has 1 unspecified atom stereocenters. The van der Waals surface area contributed by atoms with E-state index in [1.54, 1.807) is 7.11 Å². The van der Waals surface area contributed by atoms with Crippen LogP contribution in [0.4, 0.5) is 0 Å². The number of benzene rings is 1. The van der Waals surface area contributed by atoms with Gasteiger partial charge in [0.1, 0.15) is 5.75 Å². The predicted octanol–water partition coefficient (Wildman–Crippen LogP) is 2.07. The molecule has 13 heavy (non-hydrogen) atoms. The zero-order chi connectivity index (χ0) is 9.42. The van der Waals surface area contributed by atoms with Gasteiger partial charge in [0.15, 0.2) is 5.78 Å². The lowest BCUT2D eigenvalue weighted by molar-refractivity contribution is 0.0944. The Labute approximate surface area is 77.5 Å². The van der Waals surface area contributed by atoms with Crippen molar-refractivity contribution in [2.45, 2.75) is 13.3 Å². The van der Waals surface area contributed by atoms with Crippen molar-refractivity contribution >= 4 is 5.78 Å². The third-order valence-corrected chi connectivity index (χ3v) is 2.55. The summed E-state index contributed by atoms with van der Waals surface area (Å²) in [5, 5.41) is 0. The number of ether oxygens (including phenoxy) is 1. The van der Waals surface area contributed by atoms with Crippen molar-refractivity contribution in [2.75, 3.05) is 7.11 Å². The molecule has 1 aliphatic rings. The van der Waals surface area contributed by atoms with E-state index in [1.165, 1.54) is 0 Å². The Morgan fingerprint density at radius 3 is 2.92 bits per heavy atom. The zero-order valence-electron chi connectivity index (χ0n) is 7.83. The Kier molecular flexibility index (Phi) is 1.83. The summed E-state index contributed by atoms with van der Waals surface area (Å²) in [7, 11) is 1.60. The average Bonchev–Trinajstić information content (AvgIpc) is 2.43. The van der Waals surface area contributed by atoms with Gasteiger partial charge < -0.3 is 4.74 Å². The van der Waals surface area contributed by atoms with Crippen LogP contribution >= 0.6 is 0 Å². The minimum Gasteiger partial charge on any atom is -0.496 e. The number of ketones is 1. The first-order valence-corrected chi connectivity index (χ1v) is 4.44. The number of rotatable bonds is 1. The fourth-order valence-electron chi connectivity index (χ4n) is 1.87. The van der Waals surface area contributed by atoms with E-state index in [1.807, 2.05) is 25.1 Å². The van der Waals surface area contributed by atoms with E-state index in [4.69, 9.17) is 4.74 Å². The van der Waals surface area contributed by atoms with Gasteiger partial charge in [-0.3, -0.25) is 4.79 Å². The second-order valence-electron chi connectivity index (χ2n) is 3.46. The van der Waals surface area contributed by atoms with Gasteiger partial charge in [0.2, 0.25) is 0 Å². The van der Waals surface area contributed by atoms with E-state index >= 15 is 0 Å². The molecule has 0 heterocycles. The van der Waals surface area contributed by atoms with Crippen LogP contribution in [0.2, 0.25) is 0 Å². The second-order valence-corrected chi connectivity index (χ2v) is 3.46. The van der Waals surface area contributed by atoms with Gasteiger partial charge in [-0.15, -0.1) is 0 Å². The van der Waals surface area contributed by atoms with Gasteiger partial charge in [-0.05, 0) is 18.1 Å². The number of carbonyl (C=O) groups excluding carboxylic acids is 1. The SMILES string of the molecule is COc1cccc2c1C(=O)C(C)C2. The predicted molar refractivity (Wildman–Crippen MR) is 50.2 cm³/mol. The van der Waals surface area contributed by atoms with E-state index in [0.717, 1.165) is 17.5 Å². The van der Waals surface area contributed by atoms with Crippen LogP contribution in [0.15, 0.2) is 18.2 Å². The zero-order valence-corrected chi connectivity index (χ0v) is 7.83. The highest BCUT2D eigenvalue weighted by molar-refractivity contribution is 6.04. The topological polar surface area (TPSA) is 26.3 Å². The molecule has 0 N–H and O–H groups in total. The van der Waals surface area contributed by atoms with Crippen molar-refractivity contribution in [3.05, 3.63) is 29.3 Å². The molecule has 0 saturated heterocycles. The monoisotopic (exact) mass is 176 g/mol. The standard InChI is InChI=1S/C11H12O2/c1-7-6-8-4-3-5-9(13-2)10(8)11(7)12/h3-5,7H,6H2,1-2H3. The lowest BCUT2D eigenvalue weighted by Gasteiger charge is -2.04. The highest BCUT2D eigenvalue weighted by atomic mass is 16.5. The fraction of sp³-hybridized carbons (Fsp3) is 0.364. The van der Waals surface area contributed by atoms with Crippen LogP contribution < -0.4 is 4.74 Å². The van der Waals surface area contributed by atoms with Gasteiger partial charge in [-0.25, -0.2) is 0 Å². The van der Waals surface area contributed by atoms with Crippen LogP contribution in [0.1, 0.15) is 22.8 Å². The Morgan fingerprint density at radius 2 is 2.23 bits per heavy atom. The summed E-state index contributed by atoms with van der Waals surface area (Å²) in [6.07, 6.45) is 0.853. The average molecular weight is 176 g/mol. The second kappa shape index (κ2) is 2.87. The van der Waals surface area contributed by atoms with E-state index in [-0.39, 0.29) is 11.7 Å². The van der Waals surface area contributed by atoms with Crippen LogP contribution in [0.5, 0.6) is 5.75 Å². The normalized spacial score (nSPS) is 20.2. The number of methoxy groups -OCH3 is 1. The molecule has 1 aromatic carbocycles. The molecule has 1 aromatic rings. The first-order valence-electron chi connectivity index (χ1n) is 4.44. The fourth-order valence-corrected chi connectivity index (χ4v) is 1.87. The summed E-state index contributed by atoms with van der Waals surface area (Å²) in [6.45, 7) is 1.96. The van der Waals surface area contributed by atoms with Gasteiger partial charge >= 0.3 is 0 Å². The molecular weight excluding hydrogens is 164 g/mol. The quantitative estimate of drug-likeness (QED) is 0.654. The molecule has 0 bridgehead atoms. The van der Waals surface area contributed by atoms with E-state index < -0.39 is 0 Å². The number of hydrogen-bond acceptors (Lipinski definition) is 2. The minimum absolute atomic E-state index is 0.117. The van der Waals surface area contributed by atoms with Crippen LogP contribution in [-0.2, 0) is 6.42 Å². The largest absolute Gasteiger partial charge is 0.496 e. The van der Waals surface area contributed by atoms with Crippen molar-refractivity contribution in [3.8, 4) is 5.75 Å². The lowest BCUT2D eigenvalue weighted by Crippen LogP contribution is -2.04. The van der Waals surface area contributed by atoms with Gasteiger partial charge in [0, 0.05) is 5.92 Å². The van der Waals surface area contributed by atoms with Crippen molar-refractivity contribution in [3.63, 3.8) is 0 Å². The molecule has 0 radical (unpaired) electrons. The first kappa shape index (κ1) is 8.30. The maximum Gasteiger partial charge on any atom is 0.169 e. The number of fused-ring (bicyclic) bond motifs is 1. The molecule has 0 saturated carbocycles.